The van der Waals surface area contributed by atoms with Crippen molar-refractivity contribution in [2.75, 3.05) is 5.32 Å². The Morgan fingerprint density at radius 1 is 1.38 bits per heavy atom. The van der Waals surface area contributed by atoms with Crippen molar-refractivity contribution in [3.8, 4) is 0 Å². The van der Waals surface area contributed by atoms with E-state index in [1.165, 1.54) is 10.7 Å². The first-order chi connectivity index (χ1) is 7.66. The summed E-state index contributed by atoms with van der Waals surface area (Å²) < 4.78 is 1.30. The van der Waals surface area contributed by atoms with Gasteiger partial charge in [-0.1, -0.05) is 18.2 Å². The second-order valence-corrected chi connectivity index (χ2v) is 3.80. The minimum Gasteiger partial charge on any atom is -0.331 e. The average Bonchev–Trinajstić information content (AvgIpc) is 2.59. The Morgan fingerprint density at radius 2 is 2.06 bits per heavy atom. The number of nitrogens with zero attached hydrogens (tertiary/aromatic N) is 1. The predicted octanol–water partition coefficient (Wildman–Crippen LogP) is 1.73. The summed E-state index contributed by atoms with van der Waals surface area (Å²) in [5, 5.41) is 6.18. The molecule has 0 saturated carbocycles. The number of rotatable bonds is 1. The van der Waals surface area contributed by atoms with Crippen molar-refractivity contribution in [2.45, 2.75) is 6.92 Å². The lowest BCUT2D eigenvalue weighted by molar-refractivity contribution is 0.895. The molecule has 0 bridgehead atoms. The number of aromatic amines is 1. The lowest BCUT2D eigenvalue weighted by atomic mass is 10.3. The molecule has 2 N–H and O–H groups in total. The van der Waals surface area contributed by atoms with Crippen molar-refractivity contribution in [1.82, 2.24) is 9.78 Å². The number of para-hydroxylation sites is 1. The molecule has 0 atom stereocenters. The topological polar surface area (TPSA) is 49.8 Å². The lowest BCUT2D eigenvalue weighted by Gasteiger charge is -2.07. The highest BCUT2D eigenvalue weighted by Crippen LogP contribution is 2.05. The van der Waals surface area contributed by atoms with Gasteiger partial charge in [-0.3, -0.25) is 9.89 Å². The van der Waals surface area contributed by atoms with Crippen LogP contribution in [0.25, 0.3) is 0 Å². The maximum atomic E-state index is 11.5. The Bertz CT molecular complexity index is 556. The average molecular weight is 233 g/mol. The fourth-order valence-corrected chi connectivity index (χ4v) is 1.62. The maximum Gasteiger partial charge on any atom is 0.273 e. The summed E-state index contributed by atoms with van der Waals surface area (Å²) in [5.41, 5.74) is 1.47. The highest BCUT2D eigenvalue weighted by atomic mass is 32.1. The van der Waals surface area contributed by atoms with E-state index >= 15 is 0 Å². The highest BCUT2D eigenvalue weighted by Gasteiger charge is 2.04. The molecule has 0 aliphatic heterocycles. The first-order valence-electron chi connectivity index (χ1n) is 4.82. The van der Waals surface area contributed by atoms with E-state index in [0.717, 1.165) is 11.4 Å². The molecule has 82 valence electrons. The van der Waals surface area contributed by atoms with Gasteiger partial charge in [-0.25, -0.2) is 0 Å². The van der Waals surface area contributed by atoms with Crippen LogP contribution in [0.1, 0.15) is 5.69 Å². The number of benzene rings is 1. The maximum absolute atomic E-state index is 11.5. The molecule has 4 nitrogen and oxygen atoms in total. The minimum absolute atomic E-state index is 0.161. The van der Waals surface area contributed by atoms with Gasteiger partial charge in [0.25, 0.3) is 5.56 Å². The second-order valence-electron chi connectivity index (χ2n) is 3.41. The molecular formula is C11H11N3OS. The van der Waals surface area contributed by atoms with Gasteiger partial charge in [0.05, 0.1) is 0 Å². The van der Waals surface area contributed by atoms with Crippen molar-refractivity contribution in [3.05, 3.63) is 52.4 Å². The molecular weight excluding hydrogens is 222 g/mol. The van der Waals surface area contributed by atoms with Crippen LogP contribution in [-0.4, -0.2) is 14.9 Å². The number of hydrogen-bond donors (Lipinski definition) is 2. The number of nitrogens with one attached hydrogen (secondary N) is 2. The van der Waals surface area contributed by atoms with E-state index in [1.807, 2.05) is 37.3 Å². The van der Waals surface area contributed by atoms with Crippen molar-refractivity contribution >= 4 is 23.0 Å². The third-order valence-electron chi connectivity index (χ3n) is 2.08. The Labute approximate surface area is 97.9 Å². The molecule has 1 aromatic carbocycles. The van der Waals surface area contributed by atoms with E-state index in [-0.39, 0.29) is 5.56 Å². The predicted molar refractivity (Wildman–Crippen MR) is 67.9 cm³/mol. The molecule has 0 aliphatic carbocycles. The fraction of sp³-hybridized carbons (Fsp3) is 0.0909. The van der Waals surface area contributed by atoms with Gasteiger partial charge in [-0.15, -0.1) is 0 Å². The zero-order valence-electron chi connectivity index (χ0n) is 8.73. The fourth-order valence-electron chi connectivity index (χ4n) is 1.37. The zero-order chi connectivity index (χ0) is 11.5. The summed E-state index contributed by atoms with van der Waals surface area (Å²) in [6.07, 6.45) is 0. The van der Waals surface area contributed by atoms with Crippen LogP contribution in [0, 0.1) is 6.92 Å². The summed E-state index contributed by atoms with van der Waals surface area (Å²) in [5.74, 6) is 0. The summed E-state index contributed by atoms with van der Waals surface area (Å²) in [6.45, 7) is 1.81. The van der Waals surface area contributed by atoms with Crippen molar-refractivity contribution < 1.29 is 0 Å². The molecule has 0 radical (unpaired) electrons. The Kier molecular flexibility index (Phi) is 2.87. The quantitative estimate of drug-likeness (QED) is 0.737. The Balaban J connectivity index is 2.21. The van der Waals surface area contributed by atoms with Gasteiger partial charge in [-0.05, 0) is 31.3 Å². The number of thiocarbonyl (C=S) groups is 1. The van der Waals surface area contributed by atoms with Crippen LogP contribution in [0.4, 0.5) is 5.69 Å². The van der Waals surface area contributed by atoms with Crippen LogP contribution in [0.5, 0.6) is 0 Å². The lowest BCUT2D eigenvalue weighted by Crippen LogP contribution is -2.28. The smallest absolute Gasteiger partial charge is 0.273 e. The standard InChI is InChI=1S/C11H11N3OS/c1-8-7-10(15)14(13-8)11(16)12-9-5-3-2-4-6-9/h2-7,13H,1H3,(H,12,16). The normalized spacial score (nSPS) is 10.1. The monoisotopic (exact) mass is 233 g/mol. The first-order valence-corrected chi connectivity index (χ1v) is 5.23. The third-order valence-corrected chi connectivity index (χ3v) is 2.36. The van der Waals surface area contributed by atoms with Crippen molar-refractivity contribution in [1.29, 1.82) is 0 Å². The van der Waals surface area contributed by atoms with E-state index in [1.54, 1.807) is 0 Å². The number of hydrogen-bond acceptors (Lipinski definition) is 2. The van der Waals surface area contributed by atoms with Crippen LogP contribution in [0.3, 0.4) is 0 Å². The Hall–Kier alpha value is -1.88. The molecule has 0 spiro atoms. The van der Waals surface area contributed by atoms with Crippen molar-refractivity contribution in [2.24, 2.45) is 0 Å². The molecule has 0 saturated heterocycles. The summed E-state index contributed by atoms with van der Waals surface area (Å²) in [4.78, 5) is 11.5. The molecule has 1 heterocycles. The number of anilines is 1. The van der Waals surface area contributed by atoms with Crippen LogP contribution in [-0.2, 0) is 0 Å². The summed E-state index contributed by atoms with van der Waals surface area (Å²) >= 11 is 5.12. The first kappa shape index (κ1) is 10.6. The molecule has 5 heteroatoms. The van der Waals surface area contributed by atoms with Gasteiger partial charge < -0.3 is 5.32 Å². The molecule has 16 heavy (non-hydrogen) atoms. The molecule has 2 rings (SSSR count). The van der Waals surface area contributed by atoms with E-state index in [9.17, 15) is 4.79 Å². The molecule has 0 aliphatic rings. The Morgan fingerprint density at radius 3 is 2.62 bits per heavy atom. The van der Waals surface area contributed by atoms with Crippen LogP contribution >= 0.6 is 12.2 Å². The number of aromatic nitrogens is 2. The third kappa shape index (κ3) is 2.20. The number of H-pyrrole nitrogens is 1. The zero-order valence-corrected chi connectivity index (χ0v) is 9.54. The van der Waals surface area contributed by atoms with E-state index < -0.39 is 0 Å². The van der Waals surface area contributed by atoms with Crippen LogP contribution < -0.4 is 10.9 Å². The van der Waals surface area contributed by atoms with Gasteiger partial charge in [0.15, 0.2) is 5.11 Å². The van der Waals surface area contributed by atoms with E-state index in [0.29, 0.717) is 5.11 Å². The molecule has 0 amide bonds. The number of aryl methyl sites for hydroxylation is 1. The van der Waals surface area contributed by atoms with Crippen LogP contribution in [0.2, 0.25) is 0 Å². The molecule has 0 unspecified atom stereocenters. The minimum atomic E-state index is -0.161. The summed E-state index contributed by atoms with van der Waals surface area (Å²) in [6, 6.07) is 11.0. The van der Waals surface area contributed by atoms with Gasteiger partial charge in [0, 0.05) is 17.4 Å². The van der Waals surface area contributed by atoms with E-state index in [2.05, 4.69) is 10.4 Å². The summed E-state index contributed by atoms with van der Waals surface area (Å²) in [7, 11) is 0. The largest absolute Gasteiger partial charge is 0.331 e. The molecule has 2 aromatic rings. The van der Waals surface area contributed by atoms with Gasteiger partial charge in [-0.2, -0.15) is 4.68 Å². The SMILES string of the molecule is Cc1cc(=O)n(C(=S)Nc2ccccc2)[nH]1. The molecule has 1 aromatic heterocycles. The molecule has 0 fully saturated rings. The van der Waals surface area contributed by atoms with Gasteiger partial charge >= 0.3 is 0 Å². The van der Waals surface area contributed by atoms with Crippen LogP contribution in [0.15, 0.2) is 41.2 Å². The van der Waals surface area contributed by atoms with E-state index in [4.69, 9.17) is 12.2 Å². The van der Waals surface area contributed by atoms with Gasteiger partial charge in [0.1, 0.15) is 0 Å². The van der Waals surface area contributed by atoms with Gasteiger partial charge in [0.2, 0.25) is 0 Å². The highest BCUT2D eigenvalue weighted by molar-refractivity contribution is 7.80. The van der Waals surface area contributed by atoms with Crippen molar-refractivity contribution in [3.63, 3.8) is 0 Å². The second kappa shape index (κ2) is 4.32.